The van der Waals surface area contributed by atoms with Crippen LogP contribution in [-0.4, -0.2) is 18.1 Å². The zero-order valence-electron chi connectivity index (χ0n) is 13.9. The third kappa shape index (κ3) is 4.39. The smallest absolute Gasteiger partial charge is 0.310 e. The van der Waals surface area contributed by atoms with Gasteiger partial charge in [0.25, 0.3) is 0 Å². The predicted octanol–water partition coefficient (Wildman–Crippen LogP) is 4.90. The Morgan fingerprint density at radius 2 is 2.08 bits per heavy atom. The highest BCUT2D eigenvalue weighted by Gasteiger charge is 2.12. The molecule has 0 saturated carbocycles. The molecule has 26 heavy (non-hydrogen) atoms. The Kier molecular flexibility index (Phi) is 5.85. The molecule has 0 unspecified atom stereocenters. The molecular formula is C19H15ClFNO3S. The van der Waals surface area contributed by atoms with Gasteiger partial charge in [-0.1, -0.05) is 35.9 Å². The number of carbonyl (C=O) groups excluding carboxylic acids is 1. The van der Waals surface area contributed by atoms with Crippen molar-refractivity contribution >= 4 is 28.9 Å². The van der Waals surface area contributed by atoms with Crippen LogP contribution < -0.4 is 4.74 Å². The molecule has 2 aromatic carbocycles. The molecule has 0 aliphatic heterocycles. The summed E-state index contributed by atoms with van der Waals surface area (Å²) in [5.74, 6) is -0.833. The summed E-state index contributed by atoms with van der Waals surface area (Å²) in [6.45, 7) is 0.0540. The number of aromatic nitrogens is 1. The molecule has 0 radical (unpaired) electrons. The van der Waals surface area contributed by atoms with Crippen molar-refractivity contribution in [3.63, 3.8) is 0 Å². The van der Waals surface area contributed by atoms with E-state index in [-0.39, 0.29) is 18.8 Å². The van der Waals surface area contributed by atoms with E-state index in [4.69, 9.17) is 21.1 Å². The molecular weight excluding hydrogens is 377 g/mol. The van der Waals surface area contributed by atoms with Crippen LogP contribution in [0.3, 0.4) is 0 Å². The Morgan fingerprint density at radius 1 is 1.27 bits per heavy atom. The van der Waals surface area contributed by atoms with Crippen molar-refractivity contribution in [1.29, 1.82) is 0 Å². The van der Waals surface area contributed by atoms with Crippen molar-refractivity contribution in [3.05, 3.63) is 69.9 Å². The molecule has 0 fully saturated rings. The van der Waals surface area contributed by atoms with Crippen LogP contribution in [0.1, 0.15) is 11.3 Å². The topological polar surface area (TPSA) is 48.4 Å². The van der Waals surface area contributed by atoms with E-state index in [0.717, 1.165) is 10.6 Å². The molecule has 4 nitrogen and oxygen atoms in total. The summed E-state index contributed by atoms with van der Waals surface area (Å²) in [5, 5.41) is 3.20. The Hall–Kier alpha value is -2.44. The van der Waals surface area contributed by atoms with Crippen LogP contribution in [0.5, 0.6) is 5.75 Å². The zero-order chi connectivity index (χ0) is 18.5. The highest BCUT2D eigenvalue weighted by atomic mass is 35.5. The lowest BCUT2D eigenvalue weighted by molar-refractivity contribution is -0.144. The number of methoxy groups -OCH3 is 1. The normalized spacial score (nSPS) is 10.6. The van der Waals surface area contributed by atoms with Gasteiger partial charge < -0.3 is 9.47 Å². The molecule has 7 heteroatoms. The maximum absolute atomic E-state index is 13.7. The number of hydrogen-bond acceptors (Lipinski definition) is 5. The molecule has 0 bridgehead atoms. The van der Waals surface area contributed by atoms with Gasteiger partial charge in [-0.15, -0.1) is 11.3 Å². The monoisotopic (exact) mass is 391 g/mol. The fourth-order valence-electron chi connectivity index (χ4n) is 2.32. The average Bonchev–Trinajstić information content (AvgIpc) is 3.09. The molecule has 0 amide bonds. The summed E-state index contributed by atoms with van der Waals surface area (Å²) in [5.41, 5.74) is 1.99. The minimum atomic E-state index is -0.512. The molecule has 1 heterocycles. The number of esters is 1. The van der Waals surface area contributed by atoms with Gasteiger partial charge in [0.1, 0.15) is 11.6 Å². The van der Waals surface area contributed by atoms with Gasteiger partial charge >= 0.3 is 5.97 Å². The van der Waals surface area contributed by atoms with Crippen LogP contribution in [0.4, 0.5) is 4.39 Å². The van der Waals surface area contributed by atoms with Crippen molar-refractivity contribution in [2.45, 2.75) is 13.0 Å². The maximum atomic E-state index is 13.7. The second-order valence-corrected chi connectivity index (χ2v) is 6.70. The van der Waals surface area contributed by atoms with E-state index >= 15 is 0 Å². The molecule has 0 N–H and O–H groups in total. The summed E-state index contributed by atoms with van der Waals surface area (Å²) in [4.78, 5) is 16.4. The molecule has 0 aliphatic carbocycles. The van der Waals surface area contributed by atoms with Crippen LogP contribution in [-0.2, 0) is 22.6 Å². The first-order valence-corrected chi connectivity index (χ1v) is 9.00. The first-order chi connectivity index (χ1) is 12.6. The van der Waals surface area contributed by atoms with Crippen LogP contribution in [0.25, 0.3) is 10.6 Å². The van der Waals surface area contributed by atoms with Gasteiger partial charge in [-0.2, -0.15) is 0 Å². The molecule has 0 saturated heterocycles. The van der Waals surface area contributed by atoms with Crippen molar-refractivity contribution in [2.24, 2.45) is 0 Å². The number of hydrogen-bond donors (Lipinski definition) is 0. The minimum Gasteiger partial charge on any atom is -0.494 e. The SMILES string of the molecule is COc1ccc(CC(=O)OCc2csc(-c3ccccc3Cl)n2)cc1F. The summed E-state index contributed by atoms with van der Waals surface area (Å²) >= 11 is 7.59. The van der Waals surface area contributed by atoms with E-state index in [1.54, 1.807) is 12.1 Å². The van der Waals surface area contributed by atoms with E-state index in [1.165, 1.54) is 30.6 Å². The lowest BCUT2D eigenvalue weighted by atomic mass is 10.1. The van der Waals surface area contributed by atoms with Gasteiger partial charge in [-0.3, -0.25) is 4.79 Å². The highest BCUT2D eigenvalue weighted by Crippen LogP contribution is 2.30. The van der Waals surface area contributed by atoms with Crippen molar-refractivity contribution in [2.75, 3.05) is 7.11 Å². The maximum Gasteiger partial charge on any atom is 0.310 e. The summed E-state index contributed by atoms with van der Waals surface area (Å²) in [6, 6.07) is 11.8. The number of ether oxygens (including phenoxy) is 2. The lowest BCUT2D eigenvalue weighted by Gasteiger charge is -2.06. The second kappa shape index (κ2) is 8.29. The first kappa shape index (κ1) is 18.4. The molecule has 3 aromatic rings. The predicted molar refractivity (Wildman–Crippen MR) is 99.0 cm³/mol. The lowest BCUT2D eigenvalue weighted by Crippen LogP contribution is -2.08. The standard InChI is InChI=1S/C19H15ClFNO3S/c1-24-17-7-6-12(8-16(17)21)9-18(23)25-10-13-11-26-19(22-13)14-4-2-3-5-15(14)20/h2-8,11H,9-10H2,1H3. The van der Waals surface area contributed by atoms with Crippen molar-refractivity contribution < 1.29 is 18.7 Å². The van der Waals surface area contributed by atoms with Crippen LogP contribution >= 0.6 is 22.9 Å². The average molecular weight is 392 g/mol. The number of thiazole rings is 1. The Labute approximate surface area is 159 Å². The van der Waals surface area contributed by atoms with Crippen LogP contribution in [0, 0.1) is 5.82 Å². The number of benzene rings is 2. The number of carbonyl (C=O) groups is 1. The third-order valence-electron chi connectivity index (χ3n) is 3.60. The Bertz CT molecular complexity index is 929. The van der Waals surface area contributed by atoms with Gasteiger partial charge in [0, 0.05) is 10.9 Å². The summed E-state index contributed by atoms with van der Waals surface area (Å²) < 4.78 is 23.7. The zero-order valence-corrected chi connectivity index (χ0v) is 15.4. The highest BCUT2D eigenvalue weighted by molar-refractivity contribution is 7.13. The fraction of sp³-hybridized carbons (Fsp3) is 0.158. The van der Waals surface area contributed by atoms with Gasteiger partial charge in [-0.05, 0) is 23.8 Å². The molecule has 0 aliphatic rings. The number of halogens is 2. The fourth-order valence-corrected chi connectivity index (χ4v) is 3.45. The van der Waals surface area contributed by atoms with Gasteiger partial charge in [0.05, 0.1) is 24.2 Å². The van der Waals surface area contributed by atoms with E-state index in [9.17, 15) is 9.18 Å². The quantitative estimate of drug-likeness (QED) is 0.561. The molecule has 0 spiro atoms. The van der Waals surface area contributed by atoms with E-state index < -0.39 is 11.8 Å². The second-order valence-electron chi connectivity index (χ2n) is 5.43. The van der Waals surface area contributed by atoms with Gasteiger partial charge in [0.15, 0.2) is 11.6 Å². The molecule has 134 valence electrons. The van der Waals surface area contributed by atoms with E-state index in [1.807, 2.05) is 23.6 Å². The van der Waals surface area contributed by atoms with Crippen LogP contribution in [0.15, 0.2) is 47.8 Å². The first-order valence-electron chi connectivity index (χ1n) is 7.74. The molecule has 3 rings (SSSR count). The Balaban J connectivity index is 1.58. The largest absolute Gasteiger partial charge is 0.494 e. The summed E-state index contributed by atoms with van der Waals surface area (Å²) in [6.07, 6.45) is -0.0254. The van der Waals surface area contributed by atoms with E-state index in [0.29, 0.717) is 16.3 Å². The molecule has 0 atom stereocenters. The van der Waals surface area contributed by atoms with Crippen LogP contribution in [0.2, 0.25) is 5.02 Å². The Morgan fingerprint density at radius 3 is 2.81 bits per heavy atom. The minimum absolute atomic E-state index is 0.0254. The third-order valence-corrected chi connectivity index (χ3v) is 4.86. The van der Waals surface area contributed by atoms with Crippen molar-refractivity contribution in [3.8, 4) is 16.3 Å². The number of rotatable bonds is 6. The van der Waals surface area contributed by atoms with E-state index in [2.05, 4.69) is 4.98 Å². The summed E-state index contributed by atoms with van der Waals surface area (Å²) in [7, 11) is 1.39. The van der Waals surface area contributed by atoms with Gasteiger partial charge in [0.2, 0.25) is 0 Å². The molecule has 1 aromatic heterocycles. The van der Waals surface area contributed by atoms with Crippen molar-refractivity contribution in [1.82, 2.24) is 4.98 Å². The van der Waals surface area contributed by atoms with Gasteiger partial charge in [-0.25, -0.2) is 9.37 Å². The number of nitrogens with zero attached hydrogens (tertiary/aromatic N) is 1.